The minimum absolute atomic E-state index is 0.0340. The van der Waals surface area contributed by atoms with Crippen molar-refractivity contribution in [1.29, 1.82) is 0 Å². The van der Waals surface area contributed by atoms with Gasteiger partial charge < -0.3 is 19.3 Å². The van der Waals surface area contributed by atoms with E-state index in [1.807, 2.05) is 24.3 Å². The van der Waals surface area contributed by atoms with E-state index in [9.17, 15) is 14.4 Å². The first kappa shape index (κ1) is 20.4. The SMILES string of the molecule is COc1ccccc1N1C[C@@H](C(=O)O[C@H](C)C(=O)N(C)c2ccccc2)CC1=O. The Morgan fingerprint density at radius 2 is 1.76 bits per heavy atom. The van der Waals surface area contributed by atoms with Gasteiger partial charge in [-0.2, -0.15) is 0 Å². The molecule has 7 heteroatoms. The summed E-state index contributed by atoms with van der Waals surface area (Å²) in [6.45, 7) is 1.72. The Kier molecular flexibility index (Phi) is 6.16. The highest BCUT2D eigenvalue weighted by Crippen LogP contribution is 2.33. The fraction of sp³-hybridized carbons (Fsp3) is 0.318. The van der Waals surface area contributed by atoms with Crippen LogP contribution in [0, 0.1) is 5.92 Å². The summed E-state index contributed by atoms with van der Waals surface area (Å²) in [6.07, 6.45) is -0.921. The van der Waals surface area contributed by atoms with Gasteiger partial charge in [0.1, 0.15) is 5.75 Å². The third kappa shape index (κ3) is 4.39. The summed E-state index contributed by atoms with van der Waals surface area (Å²) < 4.78 is 10.7. The van der Waals surface area contributed by atoms with Crippen LogP contribution in [0.25, 0.3) is 0 Å². The number of hydrogen-bond acceptors (Lipinski definition) is 5. The van der Waals surface area contributed by atoms with Crippen LogP contribution in [-0.2, 0) is 19.1 Å². The summed E-state index contributed by atoms with van der Waals surface area (Å²) in [4.78, 5) is 40.6. The molecule has 0 aliphatic carbocycles. The summed E-state index contributed by atoms with van der Waals surface area (Å²) in [6, 6.07) is 16.2. The van der Waals surface area contributed by atoms with E-state index in [4.69, 9.17) is 9.47 Å². The monoisotopic (exact) mass is 396 g/mol. The molecule has 0 N–H and O–H groups in total. The molecule has 2 atom stereocenters. The van der Waals surface area contributed by atoms with Crippen LogP contribution in [-0.4, -0.2) is 44.6 Å². The van der Waals surface area contributed by atoms with E-state index >= 15 is 0 Å². The molecule has 2 aromatic rings. The Morgan fingerprint density at radius 3 is 2.45 bits per heavy atom. The number of anilines is 2. The molecule has 1 aliphatic heterocycles. The van der Waals surface area contributed by atoms with Gasteiger partial charge in [-0.15, -0.1) is 0 Å². The lowest BCUT2D eigenvalue weighted by atomic mass is 10.1. The van der Waals surface area contributed by atoms with Crippen molar-refractivity contribution in [3.05, 3.63) is 54.6 Å². The predicted octanol–water partition coefficient (Wildman–Crippen LogP) is 2.64. The smallest absolute Gasteiger partial charge is 0.312 e. The summed E-state index contributed by atoms with van der Waals surface area (Å²) >= 11 is 0. The first-order valence-corrected chi connectivity index (χ1v) is 9.39. The van der Waals surface area contributed by atoms with Gasteiger partial charge in [-0.3, -0.25) is 14.4 Å². The summed E-state index contributed by atoms with van der Waals surface area (Å²) in [5.74, 6) is -1.15. The van der Waals surface area contributed by atoms with Crippen LogP contribution in [0.1, 0.15) is 13.3 Å². The minimum Gasteiger partial charge on any atom is -0.495 e. The number of benzene rings is 2. The number of ether oxygens (including phenoxy) is 2. The Balaban J connectivity index is 1.64. The van der Waals surface area contributed by atoms with Gasteiger partial charge in [0.05, 0.1) is 18.7 Å². The van der Waals surface area contributed by atoms with Crippen molar-refractivity contribution >= 4 is 29.2 Å². The summed E-state index contributed by atoms with van der Waals surface area (Å²) in [5.41, 5.74) is 1.32. The highest BCUT2D eigenvalue weighted by Gasteiger charge is 2.38. The van der Waals surface area contributed by atoms with Crippen molar-refractivity contribution in [3.63, 3.8) is 0 Å². The lowest BCUT2D eigenvalue weighted by Gasteiger charge is -2.23. The molecule has 0 saturated carbocycles. The zero-order valence-corrected chi connectivity index (χ0v) is 16.7. The first-order chi connectivity index (χ1) is 13.9. The molecule has 7 nitrogen and oxygen atoms in total. The maximum atomic E-state index is 12.6. The molecular formula is C22H24N2O5. The average molecular weight is 396 g/mol. The number of para-hydroxylation sites is 3. The van der Waals surface area contributed by atoms with Crippen molar-refractivity contribution in [2.24, 2.45) is 5.92 Å². The Labute approximate surface area is 169 Å². The van der Waals surface area contributed by atoms with Crippen LogP contribution in [0.3, 0.4) is 0 Å². The lowest BCUT2D eigenvalue weighted by molar-refractivity contribution is -0.157. The van der Waals surface area contributed by atoms with E-state index in [2.05, 4.69) is 0 Å². The molecule has 1 fully saturated rings. The molecule has 0 unspecified atom stereocenters. The third-order valence-corrected chi connectivity index (χ3v) is 4.95. The standard InChI is InChI=1S/C22H24N2O5/c1-15(21(26)23(2)17-9-5-4-6-10-17)29-22(27)16-13-20(25)24(14-16)18-11-7-8-12-19(18)28-3/h4-12,15-16H,13-14H2,1-3H3/t15-,16+/m1/s1. The molecule has 0 radical (unpaired) electrons. The molecule has 29 heavy (non-hydrogen) atoms. The van der Waals surface area contributed by atoms with E-state index in [0.717, 1.165) is 0 Å². The summed E-state index contributed by atoms with van der Waals surface area (Å²) in [7, 11) is 3.16. The number of hydrogen-bond donors (Lipinski definition) is 0. The second-order valence-corrected chi connectivity index (χ2v) is 6.89. The minimum atomic E-state index is -0.955. The molecule has 1 heterocycles. The number of nitrogens with zero attached hydrogens (tertiary/aromatic N) is 2. The maximum Gasteiger partial charge on any atom is 0.312 e. The van der Waals surface area contributed by atoms with Gasteiger partial charge in [-0.1, -0.05) is 30.3 Å². The van der Waals surface area contributed by atoms with Crippen LogP contribution in [0.15, 0.2) is 54.6 Å². The normalized spacial score (nSPS) is 17.0. The molecule has 2 aromatic carbocycles. The van der Waals surface area contributed by atoms with Gasteiger partial charge in [0, 0.05) is 25.7 Å². The van der Waals surface area contributed by atoms with Crippen LogP contribution < -0.4 is 14.5 Å². The molecule has 3 rings (SSSR count). The number of amides is 2. The van der Waals surface area contributed by atoms with Crippen LogP contribution >= 0.6 is 0 Å². The second kappa shape index (κ2) is 8.77. The number of rotatable bonds is 6. The molecule has 152 valence electrons. The highest BCUT2D eigenvalue weighted by molar-refractivity contribution is 6.01. The predicted molar refractivity (Wildman–Crippen MR) is 109 cm³/mol. The van der Waals surface area contributed by atoms with Crippen molar-refractivity contribution < 1.29 is 23.9 Å². The van der Waals surface area contributed by atoms with Gasteiger partial charge in [0.15, 0.2) is 6.10 Å². The second-order valence-electron chi connectivity index (χ2n) is 6.89. The van der Waals surface area contributed by atoms with Gasteiger partial charge >= 0.3 is 5.97 Å². The zero-order chi connectivity index (χ0) is 21.0. The van der Waals surface area contributed by atoms with Crippen LogP contribution in [0.5, 0.6) is 5.75 Å². The van der Waals surface area contributed by atoms with Crippen molar-refractivity contribution in [2.45, 2.75) is 19.4 Å². The topological polar surface area (TPSA) is 76.2 Å². The Morgan fingerprint density at radius 1 is 1.10 bits per heavy atom. The molecule has 2 amide bonds. The lowest BCUT2D eigenvalue weighted by Crippen LogP contribution is -2.38. The number of carbonyl (C=O) groups excluding carboxylic acids is 3. The third-order valence-electron chi connectivity index (χ3n) is 4.95. The summed E-state index contributed by atoms with van der Waals surface area (Å²) in [5, 5.41) is 0. The molecule has 0 spiro atoms. The van der Waals surface area contributed by atoms with E-state index in [1.165, 1.54) is 23.8 Å². The number of methoxy groups -OCH3 is 1. The van der Waals surface area contributed by atoms with Gasteiger partial charge in [-0.25, -0.2) is 0 Å². The van der Waals surface area contributed by atoms with Gasteiger partial charge in [0.2, 0.25) is 5.91 Å². The largest absolute Gasteiger partial charge is 0.495 e. The Bertz CT molecular complexity index is 899. The van der Waals surface area contributed by atoms with E-state index in [-0.39, 0.29) is 24.8 Å². The molecule has 1 saturated heterocycles. The van der Waals surface area contributed by atoms with Crippen molar-refractivity contribution in [1.82, 2.24) is 0 Å². The number of carbonyl (C=O) groups is 3. The van der Waals surface area contributed by atoms with E-state index < -0.39 is 18.0 Å². The highest BCUT2D eigenvalue weighted by atomic mass is 16.5. The van der Waals surface area contributed by atoms with Crippen molar-refractivity contribution in [3.8, 4) is 5.75 Å². The van der Waals surface area contributed by atoms with Crippen LogP contribution in [0.2, 0.25) is 0 Å². The van der Waals surface area contributed by atoms with Crippen LogP contribution in [0.4, 0.5) is 11.4 Å². The maximum absolute atomic E-state index is 12.6. The first-order valence-electron chi connectivity index (χ1n) is 9.39. The van der Waals surface area contributed by atoms with E-state index in [1.54, 1.807) is 37.4 Å². The van der Waals surface area contributed by atoms with Gasteiger partial charge in [-0.05, 0) is 31.2 Å². The average Bonchev–Trinajstić information content (AvgIpc) is 3.14. The zero-order valence-electron chi connectivity index (χ0n) is 16.7. The molecule has 1 aliphatic rings. The van der Waals surface area contributed by atoms with Crippen molar-refractivity contribution in [2.75, 3.05) is 30.5 Å². The van der Waals surface area contributed by atoms with Gasteiger partial charge in [0.25, 0.3) is 5.91 Å². The van der Waals surface area contributed by atoms with E-state index in [0.29, 0.717) is 17.1 Å². The fourth-order valence-corrected chi connectivity index (χ4v) is 3.32. The fourth-order valence-electron chi connectivity index (χ4n) is 3.32. The Hall–Kier alpha value is -3.35. The quantitative estimate of drug-likeness (QED) is 0.702. The molecule has 0 aromatic heterocycles. The number of esters is 1. The number of likely N-dealkylation sites (N-methyl/N-ethyl adjacent to an activating group) is 1. The molecular weight excluding hydrogens is 372 g/mol. The molecule has 0 bridgehead atoms.